The number of carbonyl (C=O) groups is 2. The van der Waals surface area contributed by atoms with E-state index in [0.717, 1.165) is 47.5 Å². The second kappa shape index (κ2) is 13.8. The van der Waals surface area contributed by atoms with Gasteiger partial charge in [0.2, 0.25) is 11.8 Å². The number of carbonyl (C=O) groups excluding carboxylic acids is 2. The number of likely N-dealkylation sites (N-methyl/N-ethyl adjacent to an activating group) is 1. The molecule has 2 aromatic carbocycles. The molecule has 2 saturated heterocycles. The fourth-order valence-corrected chi connectivity index (χ4v) is 5.39. The molecule has 224 valence electrons. The average molecular weight is 568 g/mol. The van der Waals surface area contributed by atoms with Gasteiger partial charge in [0.15, 0.2) is 0 Å². The molecule has 2 unspecified atom stereocenters. The molecule has 0 aromatic heterocycles. The largest absolute Gasteiger partial charge is 0.494 e. The van der Waals surface area contributed by atoms with Gasteiger partial charge < -0.3 is 34.8 Å². The number of aliphatic hydroxyl groups excluding tert-OH is 2. The Bertz CT molecular complexity index is 1180. The van der Waals surface area contributed by atoms with E-state index >= 15 is 0 Å². The molecule has 41 heavy (non-hydrogen) atoms. The zero-order valence-electron chi connectivity index (χ0n) is 24.8. The highest BCUT2D eigenvalue weighted by molar-refractivity contribution is 5.90. The maximum atomic E-state index is 12.9. The van der Waals surface area contributed by atoms with Crippen molar-refractivity contribution in [1.82, 2.24) is 15.1 Å². The van der Waals surface area contributed by atoms with Crippen LogP contribution in [0.5, 0.6) is 5.75 Å². The molecule has 9 heteroatoms. The quantitative estimate of drug-likeness (QED) is 0.379. The monoisotopic (exact) mass is 567 g/mol. The van der Waals surface area contributed by atoms with Crippen molar-refractivity contribution in [3.05, 3.63) is 64.7 Å². The summed E-state index contributed by atoms with van der Waals surface area (Å²) in [6.07, 6.45) is 0.0878. The molecule has 2 heterocycles. The molecule has 0 bridgehead atoms. The van der Waals surface area contributed by atoms with E-state index in [4.69, 9.17) is 9.47 Å². The maximum absolute atomic E-state index is 12.9. The van der Waals surface area contributed by atoms with Crippen LogP contribution < -0.4 is 10.1 Å². The molecular weight excluding hydrogens is 522 g/mol. The molecular formula is C32H45N3O6. The van der Waals surface area contributed by atoms with E-state index in [1.807, 2.05) is 48.3 Å². The van der Waals surface area contributed by atoms with Crippen LogP contribution in [-0.4, -0.2) is 96.0 Å². The molecule has 2 aromatic rings. The first-order chi connectivity index (χ1) is 19.5. The van der Waals surface area contributed by atoms with Crippen LogP contribution in [0.2, 0.25) is 0 Å². The summed E-state index contributed by atoms with van der Waals surface area (Å²) >= 11 is 0. The van der Waals surface area contributed by atoms with Crippen LogP contribution in [0, 0.1) is 6.92 Å². The Labute approximate surface area is 243 Å². The van der Waals surface area contributed by atoms with Gasteiger partial charge in [0.25, 0.3) is 0 Å². The second-order valence-electron chi connectivity index (χ2n) is 11.9. The van der Waals surface area contributed by atoms with Crippen molar-refractivity contribution in [3.8, 4) is 5.75 Å². The molecule has 0 spiro atoms. The van der Waals surface area contributed by atoms with Gasteiger partial charge in [-0.25, -0.2) is 0 Å². The van der Waals surface area contributed by atoms with Crippen LogP contribution in [0.4, 0.5) is 0 Å². The summed E-state index contributed by atoms with van der Waals surface area (Å²) in [7, 11) is 2.04. The third-order valence-electron chi connectivity index (χ3n) is 7.94. The van der Waals surface area contributed by atoms with E-state index < -0.39 is 23.9 Å². The number of hydrogen-bond donors (Lipinski definition) is 3. The molecule has 2 fully saturated rings. The maximum Gasteiger partial charge on any atom is 0.247 e. The summed E-state index contributed by atoms with van der Waals surface area (Å²) in [4.78, 5) is 29.4. The average Bonchev–Trinajstić information content (AvgIpc) is 2.93. The topological polar surface area (TPSA) is 112 Å². The Balaban J connectivity index is 1.21. The SMILES string of the molecule is Cc1ccc([C@@H]2OCC(O)CC2O)cc1Cc1ccc(OCCCC(=O)NC(C)(C)C(=O)N2CCN(C)CC2)cc1. The van der Waals surface area contributed by atoms with Crippen LogP contribution in [0.25, 0.3) is 0 Å². The Hall–Kier alpha value is -2.98. The van der Waals surface area contributed by atoms with Crippen molar-refractivity contribution in [1.29, 1.82) is 0 Å². The van der Waals surface area contributed by atoms with Gasteiger partial charge in [0, 0.05) is 39.0 Å². The number of nitrogens with one attached hydrogen (secondary N) is 1. The number of ether oxygens (including phenoxy) is 2. The molecule has 3 atom stereocenters. The summed E-state index contributed by atoms with van der Waals surface area (Å²) in [6.45, 7) is 9.27. The van der Waals surface area contributed by atoms with E-state index in [1.54, 1.807) is 13.8 Å². The number of nitrogens with zero attached hydrogens (tertiary/aromatic N) is 2. The van der Waals surface area contributed by atoms with Crippen LogP contribution >= 0.6 is 0 Å². The van der Waals surface area contributed by atoms with E-state index in [2.05, 4.69) is 23.2 Å². The first-order valence-corrected chi connectivity index (χ1v) is 14.6. The van der Waals surface area contributed by atoms with Gasteiger partial charge in [-0.1, -0.05) is 30.3 Å². The standard InChI is InChI=1S/C32H45N3O6/c1-22-7-10-24(30-28(37)20-26(36)21-41-30)19-25(22)18-23-8-11-27(12-9-23)40-17-5-6-29(38)33-32(2,3)31(39)35-15-13-34(4)14-16-35/h7-12,19,26,28,30,36-37H,5-6,13-18,20-21H2,1-4H3,(H,33,38)/t26?,28?,30-/m0/s1. The molecule has 0 aliphatic carbocycles. The summed E-state index contributed by atoms with van der Waals surface area (Å²) in [5, 5.41) is 23.0. The predicted octanol–water partition coefficient (Wildman–Crippen LogP) is 2.60. The van der Waals surface area contributed by atoms with Gasteiger partial charge in [-0.05, 0) is 75.0 Å². The van der Waals surface area contributed by atoms with Gasteiger partial charge in [-0.2, -0.15) is 0 Å². The lowest BCUT2D eigenvalue weighted by Gasteiger charge is -2.37. The third kappa shape index (κ3) is 8.52. The highest BCUT2D eigenvalue weighted by atomic mass is 16.5. The molecule has 9 nitrogen and oxygen atoms in total. The van der Waals surface area contributed by atoms with Gasteiger partial charge in [0.05, 0.1) is 25.4 Å². The van der Waals surface area contributed by atoms with Crippen LogP contribution in [-0.2, 0) is 20.7 Å². The van der Waals surface area contributed by atoms with Crippen molar-refractivity contribution in [3.63, 3.8) is 0 Å². The zero-order chi connectivity index (χ0) is 29.6. The summed E-state index contributed by atoms with van der Waals surface area (Å²) in [5.41, 5.74) is 3.42. The minimum absolute atomic E-state index is 0.0445. The Morgan fingerprint density at radius 3 is 2.46 bits per heavy atom. The van der Waals surface area contributed by atoms with Gasteiger partial charge >= 0.3 is 0 Å². The van der Waals surface area contributed by atoms with Gasteiger partial charge in [0.1, 0.15) is 17.4 Å². The molecule has 2 amide bonds. The zero-order valence-corrected chi connectivity index (χ0v) is 24.8. The van der Waals surface area contributed by atoms with E-state index in [9.17, 15) is 19.8 Å². The van der Waals surface area contributed by atoms with Gasteiger partial charge in [-0.3, -0.25) is 9.59 Å². The lowest BCUT2D eigenvalue weighted by Crippen LogP contribution is -2.59. The molecule has 0 saturated carbocycles. The number of hydrogen-bond acceptors (Lipinski definition) is 7. The number of aryl methyl sites for hydroxylation is 1. The minimum atomic E-state index is -0.937. The summed E-state index contributed by atoms with van der Waals surface area (Å²) in [5.74, 6) is 0.538. The van der Waals surface area contributed by atoms with Crippen LogP contribution in [0.15, 0.2) is 42.5 Å². The van der Waals surface area contributed by atoms with Crippen molar-refractivity contribution in [2.45, 2.75) is 70.3 Å². The summed E-state index contributed by atoms with van der Waals surface area (Å²) < 4.78 is 11.6. The van der Waals surface area contributed by atoms with Crippen LogP contribution in [0.3, 0.4) is 0 Å². The molecule has 0 radical (unpaired) electrons. The Morgan fingerprint density at radius 2 is 1.78 bits per heavy atom. The summed E-state index contributed by atoms with van der Waals surface area (Å²) in [6, 6.07) is 14.0. The predicted molar refractivity (Wildman–Crippen MR) is 157 cm³/mol. The molecule has 2 aliphatic rings. The second-order valence-corrected chi connectivity index (χ2v) is 11.9. The molecule has 2 aliphatic heterocycles. The van der Waals surface area contributed by atoms with Crippen LogP contribution in [0.1, 0.15) is 61.5 Å². The first kappa shape index (κ1) is 31.0. The van der Waals surface area contributed by atoms with Crippen molar-refractivity contribution >= 4 is 11.8 Å². The highest BCUT2D eigenvalue weighted by Crippen LogP contribution is 2.30. The highest BCUT2D eigenvalue weighted by Gasteiger charge is 2.34. The fraction of sp³-hybridized carbons (Fsp3) is 0.562. The third-order valence-corrected chi connectivity index (χ3v) is 7.94. The Morgan fingerprint density at radius 1 is 1.07 bits per heavy atom. The lowest BCUT2D eigenvalue weighted by molar-refractivity contribution is -0.141. The fourth-order valence-electron chi connectivity index (χ4n) is 5.39. The van der Waals surface area contributed by atoms with Crippen molar-refractivity contribution in [2.24, 2.45) is 0 Å². The molecule has 3 N–H and O–H groups in total. The van der Waals surface area contributed by atoms with Crippen molar-refractivity contribution in [2.75, 3.05) is 46.4 Å². The number of amides is 2. The number of rotatable bonds is 10. The Kier molecular flexibility index (Phi) is 10.4. The number of aliphatic hydroxyl groups is 2. The first-order valence-electron chi connectivity index (χ1n) is 14.6. The molecule has 4 rings (SSSR count). The van der Waals surface area contributed by atoms with E-state index in [-0.39, 0.29) is 24.8 Å². The lowest BCUT2D eigenvalue weighted by atomic mass is 9.92. The van der Waals surface area contributed by atoms with Crippen molar-refractivity contribution < 1.29 is 29.3 Å². The van der Waals surface area contributed by atoms with E-state index in [0.29, 0.717) is 32.5 Å². The smallest absolute Gasteiger partial charge is 0.247 e. The normalized spacial score (nSPS) is 21.9. The number of piperazine rings is 1. The van der Waals surface area contributed by atoms with Gasteiger partial charge in [-0.15, -0.1) is 0 Å². The number of benzene rings is 2. The van der Waals surface area contributed by atoms with E-state index in [1.165, 1.54) is 0 Å². The minimum Gasteiger partial charge on any atom is -0.494 e.